The number of anilines is 4. The van der Waals surface area contributed by atoms with E-state index in [0.717, 1.165) is 19.5 Å². The number of nitrogens with one attached hydrogen (secondary N) is 1. The summed E-state index contributed by atoms with van der Waals surface area (Å²) in [5.41, 5.74) is 0.721. The minimum Gasteiger partial charge on any atom is -0.388 e. The third kappa shape index (κ3) is 3.52. The molecular formula is C23H30FN5O2. The molecule has 3 heterocycles. The Morgan fingerprint density at radius 3 is 2.48 bits per heavy atom. The first-order valence-corrected chi connectivity index (χ1v) is 10.8. The summed E-state index contributed by atoms with van der Waals surface area (Å²) in [6, 6.07) is 4.92. The molecular weight excluding hydrogens is 397 g/mol. The SMILES string of the molecule is CNc1nc(CO)nc2c1C(C)(C)C(=O)N2c1ccc(N2C[C@H](C)C[C@H](C)C2)c(F)c1. The van der Waals surface area contributed by atoms with Crippen LogP contribution in [0.4, 0.5) is 27.4 Å². The number of nitrogens with zero attached hydrogens (tertiary/aromatic N) is 4. The third-order valence-electron chi connectivity index (χ3n) is 6.29. The van der Waals surface area contributed by atoms with Crippen LogP contribution in [0.3, 0.4) is 0 Å². The van der Waals surface area contributed by atoms with E-state index in [1.165, 1.54) is 11.0 Å². The lowest BCUT2D eigenvalue weighted by atomic mass is 9.87. The highest BCUT2D eigenvalue weighted by molar-refractivity contribution is 6.12. The summed E-state index contributed by atoms with van der Waals surface area (Å²) in [6.07, 6.45) is 1.14. The smallest absolute Gasteiger partial charge is 0.243 e. The number of aliphatic hydroxyl groups excluding tert-OH is 1. The Hall–Kier alpha value is -2.74. The first-order valence-electron chi connectivity index (χ1n) is 10.8. The predicted octanol–water partition coefficient (Wildman–Crippen LogP) is 3.59. The molecule has 0 aliphatic carbocycles. The largest absolute Gasteiger partial charge is 0.388 e. The number of rotatable bonds is 4. The molecule has 1 amide bonds. The molecule has 7 nitrogen and oxygen atoms in total. The Morgan fingerprint density at radius 2 is 1.90 bits per heavy atom. The number of carbonyl (C=O) groups is 1. The summed E-state index contributed by atoms with van der Waals surface area (Å²) in [5.74, 6) is 1.51. The minimum absolute atomic E-state index is 0.201. The topological polar surface area (TPSA) is 81.6 Å². The third-order valence-corrected chi connectivity index (χ3v) is 6.29. The van der Waals surface area contributed by atoms with Gasteiger partial charge in [-0.1, -0.05) is 13.8 Å². The van der Waals surface area contributed by atoms with Gasteiger partial charge in [-0.15, -0.1) is 0 Å². The number of aromatic nitrogens is 2. The molecule has 0 bridgehead atoms. The molecule has 166 valence electrons. The van der Waals surface area contributed by atoms with Gasteiger partial charge in [-0.05, 0) is 44.2 Å². The first kappa shape index (κ1) is 21.5. The Labute approximate surface area is 182 Å². The molecule has 8 heteroatoms. The summed E-state index contributed by atoms with van der Waals surface area (Å²) < 4.78 is 15.3. The molecule has 2 aliphatic rings. The molecule has 1 aromatic carbocycles. The molecule has 4 rings (SSSR count). The average Bonchev–Trinajstić information content (AvgIpc) is 2.92. The normalized spacial score (nSPS) is 22.6. The maximum Gasteiger partial charge on any atom is 0.243 e. The van der Waals surface area contributed by atoms with Crippen LogP contribution in [0.2, 0.25) is 0 Å². The van der Waals surface area contributed by atoms with Gasteiger partial charge in [0.25, 0.3) is 0 Å². The van der Waals surface area contributed by atoms with Gasteiger partial charge in [0.15, 0.2) is 5.82 Å². The summed E-state index contributed by atoms with van der Waals surface area (Å²) in [5, 5.41) is 12.6. The van der Waals surface area contributed by atoms with Gasteiger partial charge in [-0.3, -0.25) is 9.69 Å². The molecule has 2 atom stereocenters. The van der Waals surface area contributed by atoms with Gasteiger partial charge in [0.1, 0.15) is 24.1 Å². The zero-order valence-electron chi connectivity index (χ0n) is 18.7. The van der Waals surface area contributed by atoms with E-state index >= 15 is 4.39 Å². The van der Waals surface area contributed by atoms with Crippen molar-refractivity contribution in [2.24, 2.45) is 11.8 Å². The van der Waals surface area contributed by atoms with Crippen LogP contribution in [-0.4, -0.2) is 41.1 Å². The zero-order chi connectivity index (χ0) is 22.5. The van der Waals surface area contributed by atoms with E-state index in [2.05, 4.69) is 34.0 Å². The van der Waals surface area contributed by atoms with E-state index in [-0.39, 0.29) is 24.2 Å². The highest BCUT2D eigenvalue weighted by Gasteiger charge is 2.48. The lowest BCUT2D eigenvalue weighted by Gasteiger charge is -2.37. The minimum atomic E-state index is -0.894. The van der Waals surface area contributed by atoms with Crippen LogP contribution in [0, 0.1) is 17.7 Å². The Balaban J connectivity index is 1.77. The number of fused-ring (bicyclic) bond motifs is 1. The van der Waals surface area contributed by atoms with Crippen molar-refractivity contribution in [1.82, 2.24) is 9.97 Å². The molecule has 2 aliphatic heterocycles. The van der Waals surface area contributed by atoms with Crippen LogP contribution < -0.4 is 15.1 Å². The summed E-state index contributed by atoms with van der Waals surface area (Å²) in [6.45, 7) is 9.26. The average molecular weight is 428 g/mol. The van der Waals surface area contributed by atoms with E-state index in [9.17, 15) is 9.90 Å². The van der Waals surface area contributed by atoms with Crippen molar-refractivity contribution in [3.05, 3.63) is 35.4 Å². The summed E-state index contributed by atoms with van der Waals surface area (Å²) in [7, 11) is 1.71. The van der Waals surface area contributed by atoms with Gasteiger partial charge in [-0.2, -0.15) is 0 Å². The van der Waals surface area contributed by atoms with Crippen LogP contribution in [0.25, 0.3) is 0 Å². The van der Waals surface area contributed by atoms with Gasteiger partial charge < -0.3 is 15.3 Å². The van der Waals surface area contributed by atoms with Crippen LogP contribution in [0.1, 0.15) is 45.5 Å². The second-order valence-electron chi connectivity index (χ2n) is 9.35. The van der Waals surface area contributed by atoms with Crippen molar-refractivity contribution in [3.63, 3.8) is 0 Å². The molecule has 0 spiro atoms. The monoisotopic (exact) mass is 427 g/mol. The van der Waals surface area contributed by atoms with E-state index in [4.69, 9.17) is 0 Å². The van der Waals surface area contributed by atoms with E-state index in [1.807, 2.05) is 0 Å². The predicted molar refractivity (Wildman–Crippen MR) is 119 cm³/mol. The van der Waals surface area contributed by atoms with Gasteiger partial charge >= 0.3 is 0 Å². The van der Waals surface area contributed by atoms with Gasteiger partial charge in [-0.25, -0.2) is 14.4 Å². The number of hydrogen-bond donors (Lipinski definition) is 2. The van der Waals surface area contributed by atoms with Crippen molar-refractivity contribution < 1.29 is 14.3 Å². The molecule has 0 radical (unpaired) electrons. The Morgan fingerprint density at radius 1 is 1.23 bits per heavy atom. The fourth-order valence-corrected chi connectivity index (χ4v) is 4.96. The van der Waals surface area contributed by atoms with Gasteiger partial charge in [0, 0.05) is 26.2 Å². The number of amides is 1. The molecule has 0 saturated carbocycles. The number of aliphatic hydroxyl groups is 1. The second kappa shape index (κ2) is 7.75. The fourth-order valence-electron chi connectivity index (χ4n) is 4.96. The van der Waals surface area contributed by atoms with Crippen molar-refractivity contribution >= 4 is 28.9 Å². The quantitative estimate of drug-likeness (QED) is 0.776. The van der Waals surface area contributed by atoms with E-state index < -0.39 is 5.41 Å². The van der Waals surface area contributed by atoms with Crippen molar-refractivity contribution in [2.75, 3.05) is 35.3 Å². The summed E-state index contributed by atoms with van der Waals surface area (Å²) in [4.78, 5) is 25.6. The number of carbonyl (C=O) groups excluding carboxylic acids is 1. The molecule has 1 fully saturated rings. The lowest BCUT2D eigenvalue weighted by molar-refractivity contribution is -0.121. The highest BCUT2D eigenvalue weighted by atomic mass is 19.1. The maximum absolute atomic E-state index is 15.3. The maximum atomic E-state index is 15.3. The number of benzene rings is 1. The Bertz CT molecular complexity index is 1020. The number of halogens is 1. The molecule has 2 N–H and O–H groups in total. The van der Waals surface area contributed by atoms with Crippen molar-refractivity contribution in [3.8, 4) is 0 Å². The first-order chi connectivity index (χ1) is 14.7. The lowest BCUT2D eigenvalue weighted by Crippen LogP contribution is -2.39. The van der Waals surface area contributed by atoms with Gasteiger partial charge in [0.05, 0.1) is 22.4 Å². The van der Waals surface area contributed by atoms with E-state index in [0.29, 0.717) is 40.4 Å². The molecule has 0 unspecified atom stereocenters. The van der Waals surface area contributed by atoms with Crippen molar-refractivity contribution in [1.29, 1.82) is 0 Å². The molecule has 2 aromatic rings. The Kier molecular flexibility index (Phi) is 5.37. The number of hydrogen-bond acceptors (Lipinski definition) is 6. The standard InChI is InChI=1S/C23H30FN5O2/c1-13-8-14(2)11-28(10-13)17-7-6-15(9-16(17)24)29-21-19(23(3,4)22(29)31)20(25-5)26-18(12-30)27-21/h6-7,9,13-14,30H,8,10-12H2,1-5H3,(H,25,26,27)/t13-,14+. The number of piperidine rings is 1. The zero-order valence-corrected chi connectivity index (χ0v) is 18.7. The van der Waals surface area contributed by atoms with Crippen LogP contribution in [-0.2, 0) is 16.8 Å². The second-order valence-corrected chi connectivity index (χ2v) is 9.35. The van der Waals surface area contributed by atoms with Crippen LogP contribution >= 0.6 is 0 Å². The molecule has 1 saturated heterocycles. The molecule has 1 aromatic heterocycles. The van der Waals surface area contributed by atoms with E-state index in [1.54, 1.807) is 33.0 Å². The van der Waals surface area contributed by atoms with Crippen LogP contribution in [0.15, 0.2) is 18.2 Å². The fraction of sp³-hybridized carbons (Fsp3) is 0.522. The summed E-state index contributed by atoms with van der Waals surface area (Å²) >= 11 is 0. The van der Waals surface area contributed by atoms with Gasteiger partial charge in [0.2, 0.25) is 5.91 Å². The molecule has 31 heavy (non-hydrogen) atoms. The van der Waals surface area contributed by atoms with Crippen LogP contribution in [0.5, 0.6) is 0 Å². The van der Waals surface area contributed by atoms with Crippen molar-refractivity contribution in [2.45, 2.75) is 46.1 Å². The highest BCUT2D eigenvalue weighted by Crippen LogP contribution is 2.47.